The molecule has 2 N–H and O–H groups in total. The van der Waals surface area contributed by atoms with E-state index >= 15 is 0 Å². The highest BCUT2D eigenvalue weighted by atomic mass is 16.7. The number of carbonyl (C=O) groups excluding carboxylic acids is 2. The van der Waals surface area contributed by atoms with Crippen LogP contribution in [-0.4, -0.2) is 59.6 Å². The first-order valence-corrected chi connectivity index (χ1v) is 7.75. The third kappa shape index (κ3) is 7.51. The van der Waals surface area contributed by atoms with Gasteiger partial charge in [0, 0.05) is 31.9 Å². The average Bonchev–Trinajstić information content (AvgIpc) is 2.57. The third-order valence-corrected chi connectivity index (χ3v) is 3.32. The number of nitrogens with zero attached hydrogens (tertiary/aromatic N) is 2. The monoisotopic (exact) mass is 353 g/mol. The molecule has 0 aliphatic carbocycles. The van der Waals surface area contributed by atoms with Crippen LogP contribution in [0.5, 0.6) is 0 Å². The Morgan fingerprint density at radius 1 is 1.28 bits per heavy atom. The van der Waals surface area contributed by atoms with Crippen molar-refractivity contribution in [3.8, 4) is 0 Å². The molecule has 0 saturated heterocycles. The minimum Gasteiger partial charge on any atom is -0.480 e. The smallest absolute Gasteiger partial charge is 0.412 e. The Bertz CT molecular complexity index is 578. The second-order valence-corrected chi connectivity index (χ2v) is 5.66. The molecule has 1 heterocycles. The molecule has 1 atom stereocenters. The van der Waals surface area contributed by atoms with Gasteiger partial charge in [0.25, 0.3) is 0 Å². The normalized spacial score (nSPS) is 11.5. The van der Waals surface area contributed by atoms with E-state index in [0.29, 0.717) is 13.0 Å². The lowest BCUT2D eigenvalue weighted by molar-refractivity contribution is -0.140. The second kappa shape index (κ2) is 10.1. The van der Waals surface area contributed by atoms with Crippen molar-refractivity contribution in [2.45, 2.75) is 26.3 Å². The molecule has 0 bridgehead atoms. The Balaban J connectivity index is 2.28. The van der Waals surface area contributed by atoms with Gasteiger partial charge in [-0.3, -0.25) is 4.98 Å². The number of carbonyl (C=O) groups is 3. The van der Waals surface area contributed by atoms with Crippen LogP contribution < -0.4 is 5.32 Å². The van der Waals surface area contributed by atoms with E-state index in [1.807, 2.05) is 12.1 Å². The largest absolute Gasteiger partial charge is 0.480 e. The summed E-state index contributed by atoms with van der Waals surface area (Å²) in [5.74, 6) is -1.48. The Hall–Kier alpha value is -2.84. The van der Waals surface area contributed by atoms with Crippen LogP contribution in [0.4, 0.5) is 9.59 Å². The number of nitrogens with one attached hydrogen (secondary N) is 1. The van der Waals surface area contributed by atoms with Crippen LogP contribution in [0.15, 0.2) is 24.4 Å². The zero-order valence-electron chi connectivity index (χ0n) is 14.5. The lowest BCUT2D eigenvalue weighted by Gasteiger charge is -2.19. The lowest BCUT2D eigenvalue weighted by atomic mass is 10.1. The van der Waals surface area contributed by atoms with E-state index in [2.05, 4.69) is 15.0 Å². The summed E-state index contributed by atoms with van der Waals surface area (Å²) >= 11 is 0. The first kappa shape index (κ1) is 20.2. The summed E-state index contributed by atoms with van der Waals surface area (Å²) in [6, 6.07) is 4.43. The van der Waals surface area contributed by atoms with Crippen LogP contribution in [0.3, 0.4) is 0 Å². The van der Waals surface area contributed by atoms with Crippen molar-refractivity contribution in [2.75, 3.05) is 20.4 Å². The van der Waals surface area contributed by atoms with Gasteiger partial charge in [-0.25, -0.2) is 14.4 Å². The van der Waals surface area contributed by atoms with Gasteiger partial charge in [0.05, 0.1) is 0 Å². The number of likely N-dealkylation sites (N-methyl/N-ethyl adjacent to an activating group) is 1. The van der Waals surface area contributed by atoms with Gasteiger partial charge in [-0.05, 0) is 18.1 Å². The highest BCUT2D eigenvalue weighted by Crippen LogP contribution is 2.02. The van der Waals surface area contributed by atoms with E-state index in [1.54, 1.807) is 33.2 Å². The Morgan fingerprint density at radius 3 is 2.56 bits per heavy atom. The zero-order valence-corrected chi connectivity index (χ0v) is 14.5. The quantitative estimate of drug-likeness (QED) is 0.680. The first-order valence-electron chi connectivity index (χ1n) is 7.75. The summed E-state index contributed by atoms with van der Waals surface area (Å²) in [7, 11) is 1.55. The third-order valence-electron chi connectivity index (χ3n) is 3.32. The molecule has 0 unspecified atom stereocenters. The van der Waals surface area contributed by atoms with Crippen molar-refractivity contribution in [3.05, 3.63) is 30.1 Å². The van der Waals surface area contributed by atoms with Gasteiger partial charge in [-0.2, -0.15) is 0 Å². The summed E-state index contributed by atoms with van der Waals surface area (Å²) in [4.78, 5) is 39.7. The highest BCUT2D eigenvalue weighted by molar-refractivity contribution is 5.80. The molecule has 0 spiro atoms. The number of carboxylic acids is 1. The standard InChI is InChI=1S/C16H23N3O6/c1-11(2)13(14(20)21)18-15(22)24-10-25-16(23)19(3)9-7-12-6-4-5-8-17-12/h4-6,8,11,13H,7,9-10H2,1-3H3,(H,18,22)(H,20,21)/t13-/m0/s1. The molecule has 2 amide bonds. The minimum atomic E-state index is -1.17. The van der Waals surface area contributed by atoms with Crippen molar-refractivity contribution in [1.82, 2.24) is 15.2 Å². The maximum atomic E-state index is 11.8. The van der Waals surface area contributed by atoms with Crippen molar-refractivity contribution in [3.63, 3.8) is 0 Å². The van der Waals surface area contributed by atoms with Gasteiger partial charge in [0.1, 0.15) is 6.04 Å². The topological polar surface area (TPSA) is 118 Å². The molecule has 0 aromatic carbocycles. The number of alkyl carbamates (subject to hydrolysis) is 1. The second-order valence-electron chi connectivity index (χ2n) is 5.66. The number of amides is 2. The summed E-state index contributed by atoms with van der Waals surface area (Å²) in [5, 5.41) is 11.2. The molecule has 1 aromatic rings. The predicted molar refractivity (Wildman–Crippen MR) is 87.8 cm³/mol. The Morgan fingerprint density at radius 2 is 2.00 bits per heavy atom. The molecule has 1 aromatic heterocycles. The molecule has 9 nitrogen and oxygen atoms in total. The first-order chi connectivity index (χ1) is 11.8. The van der Waals surface area contributed by atoms with Crippen molar-refractivity contribution in [2.24, 2.45) is 5.92 Å². The minimum absolute atomic E-state index is 0.315. The number of pyridine rings is 1. The number of hydrogen-bond donors (Lipinski definition) is 2. The van der Waals surface area contributed by atoms with E-state index in [4.69, 9.17) is 9.84 Å². The van der Waals surface area contributed by atoms with Gasteiger partial charge < -0.3 is 24.8 Å². The molecule has 0 saturated carbocycles. The fraction of sp³-hybridized carbons (Fsp3) is 0.500. The molecule has 0 aliphatic heterocycles. The lowest BCUT2D eigenvalue weighted by Crippen LogP contribution is -2.44. The molecule has 0 aliphatic rings. The number of rotatable bonds is 8. The molecule has 25 heavy (non-hydrogen) atoms. The molecule has 0 radical (unpaired) electrons. The SMILES string of the molecule is CC(C)[C@H](NC(=O)OCOC(=O)N(C)CCc1ccccn1)C(=O)O. The van der Waals surface area contributed by atoms with Crippen LogP contribution >= 0.6 is 0 Å². The molecule has 138 valence electrons. The van der Waals surface area contributed by atoms with E-state index in [1.165, 1.54) is 4.90 Å². The molecular weight excluding hydrogens is 330 g/mol. The number of ether oxygens (including phenoxy) is 2. The fourth-order valence-electron chi connectivity index (χ4n) is 1.85. The molecular formula is C16H23N3O6. The van der Waals surface area contributed by atoms with E-state index in [-0.39, 0.29) is 5.92 Å². The molecule has 0 fully saturated rings. The van der Waals surface area contributed by atoms with E-state index in [9.17, 15) is 14.4 Å². The van der Waals surface area contributed by atoms with Gasteiger partial charge in [-0.15, -0.1) is 0 Å². The van der Waals surface area contributed by atoms with Gasteiger partial charge in [0.15, 0.2) is 0 Å². The maximum Gasteiger partial charge on any atom is 0.412 e. The van der Waals surface area contributed by atoms with Crippen molar-refractivity contribution < 1.29 is 29.0 Å². The van der Waals surface area contributed by atoms with Gasteiger partial charge in [-0.1, -0.05) is 19.9 Å². The average molecular weight is 353 g/mol. The fourth-order valence-corrected chi connectivity index (χ4v) is 1.85. The maximum absolute atomic E-state index is 11.8. The Labute approximate surface area is 145 Å². The van der Waals surface area contributed by atoms with Crippen molar-refractivity contribution in [1.29, 1.82) is 0 Å². The van der Waals surface area contributed by atoms with Gasteiger partial charge in [0.2, 0.25) is 6.79 Å². The van der Waals surface area contributed by atoms with Crippen LogP contribution in [0.25, 0.3) is 0 Å². The number of carboxylic acid groups (broad SMARTS) is 1. The summed E-state index contributed by atoms with van der Waals surface area (Å²) in [5.41, 5.74) is 0.839. The van der Waals surface area contributed by atoms with Crippen LogP contribution in [0.1, 0.15) is 19.5 Å². The number of aromatic nitrogens is 1. The number of hydrogen-bond acceptors (Lipinski definition) is 6. The highest BCUT2D eigenvalue weighted by Gasteiger charge is 2.24. The van der Waals surface area contributed by atoms with Crippen LogP contribution in [0.2, 0.25) is 0 Å². The van der Waals surface area contributed by atoms with Crippen LogP contribution in [-0.2, 0) is 20.7 Å². The molecule has 9 heteroatoms. The summed E-state index contributed by atoms with van der Waals surface area (Å²) < 4.78 is 9.46. The van der Waals surface area contributed by atoms with Crippen molar-refractivity contribution >= 4 is 18.2 Å². The van der Waals surface area contributed by atoms with Gasteiger partial charge >= 0.3 is 18.2 Å². The predicted octanol–water partition coefficient (Wildman–Crippen LogP) is 1.49. The van der Waals surface area contributed by atoms with E-state index < -0.39 is 31.0 Å². The zero-order chi connectivity index (χ0) is 18.8. The summed E-state index contributed by atoms with van der Waals surface area (Å²) in [6.45, 7) is 3.07. The number of aliphatic carboxylic acids is 1. The Kier molecular flexibility index (Phi) is 8.17. The molecule has 1 rings (SSSR count). The van der Waals surface area contributed by atoms with Crippen LogP contribution in [0, 0.1) is 5.92 Å². The van der Waals surface area contributed by atoms with E-state index in [0.717, 1.165) is 5.69 Å². The summed E-state index contributed by atoms with van der Waals surface area (Å²) in [6.07, 6.45) is 0.594.